The van der Waals surface area contributed by atoms with Crippen LogP contribution in [0.15, 0.2) is 48.8 Å². The zero-order valence-electron chi connectivity index (χ0n) is 12.8. The summed E-state index contributed by atoms with van der Waals surface area (Å²) in [6.07, 6.45) is 10.1. The van der Waals surface area contributed by atoms with Crippen LogP contribution in [0.3, 0.4) is 0 Å². The molecule has 1 heterocycles. The summed E-state index contributed by atoms with van der Waals surface area (Å²) in [6.45, 7) is 0.511. The van der Waals surface area contributed by atoms with E-state index in [1.165, 1.54) is 37.7 Å². The van der Waals surface area contributed by atoms with Crippen LogP contribution in [0.1, 0.15) is 59.5 Å². The van der Waals surface area contributed by atoms with Crippen molar-refractivity contribution in [1.82, 2.24) is 10.3 Å². The van der Waals surface area contributed by atoms with Crippen LogP contribution >= 0.6 is 0 Å². The van der Waals surface area contributed by atoms with Crippen molar-refractivity contribution < 1.29 is 4.79 Å². The van der Waals surface area contributed by atoms with Gasteiger partial charge in [0.25, 0.3) is 5.91 Å². The SMILES string of the molecule is O=C(NCc1cccnc1)c1ccc(C2CCCCC2)cc1. The number of carbonyl (C=O) groups excluding carboxylic acids is 1. The highest BCUT2D eigenvalue weighted by molar-refractivity contribution is 5.94. The maximum absolute atomic E-state index is 12.2. The van der Waals surface area contributed by atoms with Crippen molar-refractivity contribution in [3.63, 3.8) is 0 Å². The average molecular weight is 294 g/mol. The molecule has 22 heavy (non-hydrogen) atoms. The predicted molar refractivity (Wildman–Crippen MR) is 87.7 cm³/mol. The van der Waals surface area contributed by atoms with Gasteiger partial charge in [0.2, 0.25) is 0 Å². The number of rotatable bonds is 4. The molecule has 114 valence electrons. The molecule has 1 saturated carbocycles. The molecule has 0 unspecified atom stereocenters. The molecule has 2 aromatic rings. The van der Waals surface area contributed by atoms with Crippen molar-refractivity contribution in [2.45, 2.75) is 44.6 Å². The number of nitrogens with one attached hydrogen (secondary N) is 1. The Morgan fingerprint density at radius 1 is 1.09 bits per heavy atom. The first-order valence-electron chi connectivity index (χ1n) is 8.10. The zero-order chi connectivity index (χ0) is 15.2. The van der Waals surface area contributed by atoms with E-state index in [0.29, 0.717) is 12.5 Å². The Morgan fingerprint density at radius 3 is 2.55 bits per heavy atom. The maximum Gasteiger partial charge on any atom is 0.251 e. The highest BCUT2D eigenvalue weighted by atomic mass is 16.1. The molecular formula is C19H22N2O. The van der Waals surface area contributed by atoms with Crippen LogP contribution in [0.4, 0.5) is 0 Å². The van der Waals surface area contributed by atoms with E-state index in [-0.39, 0.29) is 5.91 Å². The topological polar surface area (TPSA) is 42.0 Å². The second-order valence-corrected chi connectivity index (χ2v) is 6.00. The Labute approximate surface area is 131 Å². The lowest BCUT2D eigenvalue weighted by atomic mass is 9.84. The maximum atomic E-state index is 12.2. The van der Waals surface area contributed by atoms with Gasteiger partial charge >= 0.3 is 0 Å². The Hall–Kier alpha value is -2.16. The molecule has 1 aromatic carbocycles. The van der Waals surface area contributed by atoms with E-state index in [4.69, 9.17) is 0 Å². The molecule has 0 spiro atoms. The van der Waals surface area contributed by atoms with Gasteiger partial charge in [-0.05, 0) is 48.1 Å². The van der Waals surface area contributed by atoms with E-state index < -0.39 is 0 Å². The summed E-state index contributed by atoms with van der Waals surface area (Å²) in [6, 6.07) is 12.0. The number of hydrogen-bond donors (Lipinski definition) is 1. The van der Waals surface area contributed by atoms with Gasteiger partial charge in [-0.25, -0.2) is 0 Å². The lowest BCUT2D eigenvalue weighted by Crippen LogP contribution is -2.22. The van der Waals surface area contributed by atoms with E-state index >= 15 is 0 Å². The molecule has 3 nitrogen and oxygen atoms in total. The summed E-state index contributed by atoms with van der Waals surface area (Å²) < 4.78 is 0. The molecule has 1 aromatic heterocycles. The Morgan fingerprint density at radius 2 is 1.86 bits per heavy atom. The van der Waals surface area contributed by atoms with Crippen molar-refractivity contribution in [3.8, 4) is 0 Å². The van der Waals surface area contributed by atoms with Gasteiger partial charge in [0.1, 0.15) is 0 Å². The standard InChI is InChI=1S/C19H22N2O/c22-19(21-14-15-5-4-12-20-13-15)18-10-8-17(9-11-18)16-6-2-1-3-7-16/h4-5,8-13,16H,1-3,6-7,14H2,(H,21,22). The fourth-order valence-corrected chi connectivity index (χ4v) is 3.13. The Balaban J connectivity index is 1.58. The third kappa shape index (κ3) is 3.73. The second-order valence-electron chi connectivity index (χ2n) is 6.00. The van der Waals surface area contributed by atoms with Crippen LogP contribution < -0.4 is 5.32 Å². The number of amides is 1. The van der Waals surface area contributed by atoms with Crippen LogP contribution in [0.5, 0.6) is 0 Å². The fourth-order valence-electron chi connectivity index (χ4n) is 3.13. The van der Waals surface area contributed by atoms with E-state index in [1.807, 2.05) is 24.3 Å². The molecule has 3 rings (SSSR count). The molecule has 0 aliphatic heterocycles. The molecular weight excluding hydrogens is 272 g/mol. The fraction of sp³-hybridized carbons (Fsp3) is 0.368. The normalized spacial score (nSPS) is 15.5. The number of aromatic nitrogens is 1. The molecule has 0 bridgehead atoms. The predicted octanol–water partition coefficient (Wildman–Crippen LogP) is 4.06. The number of pyridine rings is 1. The largest absolute Gasteiger partial charge is 0.348 e. The molecule has 0 radical (unpaired) electrons. The quantitative estimate of drug-likeness (QED) is 0.924. The van der Waals surface area contributed by atoms with Gasteiger partial charge in [-0.15, -0.1) is 0 Å². The molecule has 1 aliphatic carbocycles. The first-order chi connectivity index (χ1) is 10.8. The third-order valence-electron chi connectivity index (χ3n) is 4.43. The van der Waals surface area contributed by atoms with Gasteiger partial charge < -0.3 is 5.32 Å². The second kappa shape index (κ2) is 7.21. The van der Waals surface area contributed by atoms with Crippen molar-refractivity contribution in [3.05, 3.63) is 65.5 Å². The molecule has 3 heteroatoms. The van der Waals surface area contributed by atoms with Gasteiger partial charge in [-0.3, -0.25) is 9.78 Å². The van der Waals surface area contributed by atoms with E-state index in [9.17, 15) is 4.79 Å². The summed E-state index contributed by atoms with van der Waals surface area (Å²) in [5.74, 6) is 0.653. The summed E-state index contributed by atoms with van der Waals surface area (Å²) in [5.41, 5.74) is 3.11. The molecule has 1 amide bonds. The minimum absolute atomic E-state index is 0.0287. The van der Waals surface area contributed by atoms with E-state index in [0.717, 1.165) is 11.1 Å². The lowest BCUT2D eigenvalue weighted by molar-refractivity contribution is 0.0951. The minimum Gasteiger partial charge on any atom is -0.348 e. The third-order valence-corrected chi connectivity index (χ3v) is 4.43. The molecule has 1 N–H and O–H groups in total. The zero-order valence-corrected chi connectivity index (χ0v) is 12.8. The highest BCUT2D eigenvalue weighted by Crippen LogP contribution is 2.32. The molecule has 1 aliphatic rings. The number of hydrogen-bond acceptors (Lipinski definition) is 2. The van der Waals surface area contributed by atoms with Crippen LogP contribution in [0, 0.1) is 0 Å². The first kappa shape index (κ1) is 14.8. The number of carbonyl (C=O) groups is 1. The summed E-state index contributed by atoms with van der Waals surface area (Å²) in [4.78, 5) is 16.2. The smallest absolute Gasteiger partial charge is 0.251 e. The van der Waals surface area contributed by atoms with Crippen LogP contribution in [-0.4, -0.2) is 10.9 Å². The van der Waals surface area contributed by atoms with Gasteiger partial charge in [0.15, 0.2) is 0 Å². The monoisotopic (exact) mass is 294 g/mol. The van der Waals surface area contributed by atoms with Crippen LogP contribution in [0.2, 0.25) is 0 Å². The van der Waals surface area contributed by atoms with Gasteiger partial charge in [0, 0.05) is 24.5 Å². The summed E-state index contributed by atoms with van der Waals surface area (Å²) in [5, 5.41) is 2.94. The first-order valence-corrected chi connectivity index (χ1v) is 8.10. The Bertz CT molecular complexity index is 601. The van der Waals surface area contributed by atoms with Crippen LogP contribution in [-0.2, 0) is 6.54 Å². The molecule has 0 saturated heterocycles. The highest BCUT2D eigenvalue weighted by Gasteiger charge is 2.15. The molecule has 0 atom stereocenters. The van der Waals surface area contributed by atoms with E-state index in [2.05, 4.69) is 22.4 Å². The van der Waals surface area contributed by atoms with E-state index in [1.54, 1.807) is 12.4 Å². The van der Waals surface area contributed by atoms with Gasteiger partial charge in [-0.2, -0.15) is 0 Å². The lowest BCUT2D eigenvalue weighted by Gasteiger charge is -2.22. The van der Waals surface area contributed by atoms with Crippen molar-refractivity contribution >= 4 is 5.91 Å². The number of benzene rings is 1. The average Bonchev–Trinajstić information content (AvgIpc) is 2.61. The van der Waals surface area contributed by atoms with Gasteiger partial charge in [0.05, 0.1) is 0 Å². The summed E-state index contributed by atoms with van der Waals surface area (Å²) >= 11 is 0. The van der Waals surface area contributed by atoms with Crippen molar-refractivity contribution in [2.24, 2.45) is 0 Å². The van der Waals surface area contributed by atoms with Gasteiger partial charge in [-0.1, -0.05) is 37.5 Å². The van der Waals surface area contributed by atoms with Crippen LogP contribution in [0.25, 0.3) is 0 Å². The Kier molecular flexibility index (Phi) is 4.84. The summed E-state index contributed by atoms with van der Waals surface area (Å²) in [7, 11) is 0. The minimum atomic E-state index is -0.0287. The van der Waals surface area contributed by atoms with Crippen molar-refractivity contribution in [2.75, 3.05) is 0 Å². The molecule has 1 fully saturated rings. The number of nitrogens with zero attached hydrogens (tertiary/aromatic N) is 1. The van der Waals surface area contributed by atoms with Crippen molar-refractivity contribution in [1.29, 1.82) is 0 Å².